The normalized spacial score (nSPS) is 51.0. The molecule has 1 aliphatic heterocycles. The van der Waals surface area contributed by atoms with Crippen molar-refractivity contribution < 1.29 is 9.47 Å². The highest BCUT2D eigenvalue weighted by Crippen LogP contribution is 2.66. The van der Waals surface area contributed by atoms with E-state index in [-0.39, 0.29) is 5.79 Å². The third-order valence-corrected chi connectivity index (χ3v) is 8.68. The quantitative estimate of drug-likeness (QED) is 0.580. The summed E-state index contributed by atoms with van der Waals surface area (Å²) in [4.78, 5) is 0. The minimum atomic E-state index is -0.349. The molecule has 0 radical (unpaired) electrons. The Morgan fingerprint density at radius 2 is 1.74 bits per heavy atom. The second-order valence-corrected chi connectivity index (χ2v) is 9.60. The van der Waals surface area contributed by atoms with Gasteiger partial charge >= 0.3 is 0 Å². The van der Waals surface area contributed by atoms with E-state index in [2.05, 4.69) is 19.9 Å². The summed E-state index contributed by atoms with van der Waals surface area (Å²) in [5.74, 6) is 2.56. The highest BCUT2D eigenvalue weighted by molar-refractivity contribution is 5.27. The molecule has 0 aromatic heterocycles. The number of rotatable bonds is 0. The van der Waals surface area contributed by atoms with Crippen molar-refractivity contribution in [1.29, 1.82) is 0 Å². The van der Waals surface area contributed by atoms with Gasteiger partial charge in [0.2, 0.25) is 0 Å². The van der Waals surface area contributed by atoms with Crippen LogP contribution in [0.5, 0.6) is 0 Å². The second-order valence-electron chi connectivity index (χ2n) is 9.60. The standard InChI is InChI=1S/C21H32O2/c1-19-8-3-4-17(19)16-6-5-15-14-21(22-12-13-23-21)11-10-20(15,2)18(16)7-9-19/h14,16-18H,3-13H2,1-2H3. The molecule has 5 unspecified atom stereocenters. The van der Waals surface area contributed by atoms with Crippen molar-refractivity contribution in [3.8, 4) is 0 Å². The Morgan fingerprint density at radius 3 is 2.57 bits per heavy atom. The van der Waals surface area contributed by atoms with E-state index in [9.17, 15) is 0 Å². The van der Waals surface area contributed by atoms with Crippen LogP contribution in [-0.4, -0.2) is 19.0 Å². The number of allylic oxidation sites excluding steroid dienone is 1. The topological polar surface area (TPSA) is 18.5 Å². The number of fused-ring (bicyclic) bond motifs is 5. The lowest BCUT2D eigenvalue weighted by Gasteiger charge is -2.58. The van der Waals surface area contributed by atoms with E-state index in [0.717, 1.165) is 37.4 Å². The SMILES string of the molecule is CC12CCCC1C1CCC3=CC4(CCC3(C)C1CC2)OCCO4. The van der Waals surface area contributed by atoms with E-state index >= 15 is 0 Å². The van der Waals surface area contributed by atoms with Crippen LogP contribution in [0.4, 0.5) is 0 Å². The molecule has 0 aromatic rings. The van der Waals surface area contributed by atoms with Crippen LogP contribution >= 0.6 is 0 Å². The van der Waals surface area contributed by atoms with Crippen molar-refractivity contribution in [2.75, 3.05) is 13.2 Å². The van der Waals surface area contributed by atoms with E-state index in [1.165, 1.54) is 51.4 Å². The molecule has 0 aromatic carbocycles. The van der Waals surface area contributed by atoms with Crippen LogP contribution in [0, 0.1) is 28.6 Å². The van der Waals surface area contributed by atoms with Gasteiger partial charge in [-0.3, -0.25) is 0 Å². The minimum absolute atomic E-state index is 0.349. The predicted molar refractivity (Wildman–Crippen MR) is 91.0 cm³/mol. The van der Waals surface area contributed by atoms with Crippen molar-refractivity contribution >= 4 is 0 Å². The average Bonchev–Trinajstić information content (AvgIpc) is 3.15. The number of hydrogen-bond donors (Lipinski definition) is 0. The highest BCUT2D eigenvalue weighted by Gasteiger charge is 2.57. The molecular weight excluding hydrogens is 284 g/mol. The molecule has 5 rings (SSSR count). The fourth-order valence-electron chi connectivity index (χ4n) is 7.37. The Labute approximate surface area is 141 Å². The van der Waals surface area contributed by atoms with Crippen LogP contribution in [0.2, 0.25) is 0 Å². The lowest BCUT2D eigenvalue weighted by atomic mass is 9.47. The molecule has 2 nitrogen and oxygen atoms in total. The third-order valence-electron chi connectivity index (χ3n) is 8.68. The van der Waals surface area contributed by atoms with Crippen LogP contribution in [0.3, 0.4) is 0 Å². The summed E-state index contributed by atoms with van der Waals surface area (Å²) in [6.07, 6.45) is 14.9. The van der Waals surface area contributed by atoms with Crippen molar-refractivity contribution in [1.82, 2.24) is 0 Å². The molecule has 5 aliphatic rings. The Kier molecular flexibility index (Phi) is 3.15. The Hall–Kier alpha value is -0.340. The van der Waals surface area contributed by atoms with Gasteiger partial charge in [0.25, 0.3) is 0 Å². The molecule has 5 atom stereocenters. The van der Waals surface area contributed by atoms with E-state index in [0.29, 0.717) is 10.8 Å². The molecule has 23 heavy (non-hydrogen) atoms. The molecule has 4 aliphatic carbocycles. The van der Waals surface area contributed by atoms with Crippen LogP contribution < -0.4 is 0 Å². The second kappa shape index (κ2) is 4.85. The Balaban J connectivity index is 1.48. The fraction of sp³-hybridized carbons (Fsp3) is 0.905. The molecule has 1 heterocycles. The van der Waals surface area contributed by atoms with Crippen molar-refractivity contribution in [3.63, 3.8) is 0 Å². The Bertz CT molecular complexity index is 532. The zero-order valence-electron chi connectivity index (χ0n) is 14.9. The monoisotopic (exact) mass is 316 g/mol. The van der Waals surface area contributed by atoms with Gasteiger partial charge in [-0.15, -0.1) is 0 Å². The van der Waals surface area contributed by atoms with Gasteiger partial charge in [-0.1, -0.05) is 25.8 Å². The van der Waals surface area contributed by atoms with Crippen LogP contribution in [0.15, 0.2) is 11.6 Å². The maximum absolute atomic E-state index is 6.00. The number of ether oxygens (including phenoxy) is 2. The molecule has 0 bridgehead atoms. The lowest BCUT2D eigenvalue weighted by molar-refractivity contribution is -0.143. The maximum atomic E-state index is 6.00. The van der Waals surface area contributed by atoms with Gasteiger partial charge in [0, 0.05) is 6.42 Å². The molecule has 128 valence electrons. The largest absolute Gasteiger partial charge is 0.344 e. The van der Waals surface area contributed by atoms with E-state index in [1.54, 1.807) is 5.57 Å². The van der Waals surface area contributed by atoms with Crippen LogP contribution in [0.25, 0.3) is 0 Å². The van der Waals surface area contributed by atoms with Gasteiger partial charge in [-0.25, -0.2) is 0 Å². The molecule has 0 amide bonds. The van der Waals surface area contributed by atoms with Crippen molar-refractivity contribution in [2.24, 2.45) is 28.6 Å². The molecular formula is C21H32O2. The minimum Gasteiger partial charge on any atom is -0.344 e. The van der Waals surface area contributed by atoms with Gasteiger partial charge < -0.3 is 9.47 Å². The summed E-state index contributed by atoms with van der Waals surface area (Å²) in [6, 6.07) is 0. The lowest BCUT2D eigenvalue weighted by Crippen LogP contribution is -2.51. The first-order valence-electron chi connectivity index (χ1n) is 10.0. The van der Waals surface area contributed by atoms with Gasteiger partial charge in [0.15, 0.2) is 5.79 Å². The van der Waals surface area contributed by atoms with Gasteiger partial charge in [-0.2, -0.15) is 0 Å². The average molecular weight is 316 g/mol. The molecule has 3 saturated carbocycles. The fourth-order valence-corrected chi connectivity index (χ4v) is 7.37. The summed E-state index contributed by atoms with van der Waals surface area (Å²) in [5.41, 5.74) is 2.77. The molecule has 4 fully saturated rings. The summed E-state index contributed by atoms with van der Waals surface area (Å²) >= 11 is 0. The third kappa shape index (κ3) is 2.00. The predicted octanol–water partition coefficient (Wildman–Crippen LogP) is 5.08. The first kappa shape index (κ1) is 15.0. The zero-order chi connectivity index (χ0) is 15.7. The molecule has 0 N–H and O–H groups in total. The van der Waals surface area contributed by atoms with E-state index < -0.39 is 0 Å². The maximum Gasteiger partial charge on any atom is 0.188 e. The van der Waals surface area contributed by atoms with Gasteiger partial charge in [0.05, 0.1) is 13.2 Å². The number of hydrogen-bond acceptors (Lipinski definition) is 2. The van der Waals surface area contributed by atoms with Crippen molar-refractivity contribution in [3.05, 3.63) is 11.6 Å². The molecule has 1 saturated heterocycles. The first-order valence-corrected chi connectivity index (χ1v) is 10.0. The summed E-state index contributed by atoms with van der Waals surface area (Å²) in [7, 11) is 0. The Morgan fingerprint density at radius 1 is 0.913 bits per heavy atom. The summed E-state index contributed by atoms with van der Waals surface area (Å²) in [6.45, 7) is 6.72. The van der Waals surface area contributed by atoms with Crippen molar-refractivity contribution in [2.45, 2.75) is 77.4 Å². The summed E-state index contributed by atoms with van der Waals surface area (Å²) < 4.78 is 12.0. The summed E-state index contributed by atoms with van der Waals surface area (Å²) in [5, 5.41) is 0. The zero-order valence-corrected chi connectivity index (χ0v) is 14.9. The van der Waals surface area contributed by atoms with Crippen LogP contribution in [-0.2, 0) is 9.47 Å². The van der Waals surface area contributed by atoms with Crippen LogP contribution in [0.1, 0.15) is 71.6 Å². The van der Waals surface area contributed by atoms with E-state index in [1.807, 2.05) is 0 Å². The first-order chi connectivity index (χ1) is 11.0. The molecule has 2 heteroatoms. The van der Waals surface area contributed by atoms with E-state index in [4.69, 9.17) is 9.47 Å². The van der Waals surface area contributed by atoms with Gasteiger partial charge in [-0.05, 0) is 79.6 Å². The smallest absolute Gasteiger partial charge is 0.188 e. The molecule has 1 spiro atoms. The highest BCUT2D eigenvalue weighted by atomic mass is 16.7. The van der Waals surface area contributed by atoms with Gasteiger partial charge in [0.1, 0.15) is 0 Å².